The fourth-order valence-corrected chi connectivity index (χ4v) is 2.36. The quantitative estimate of drug-likeness (QED) is 0.858. The summed E-state index contributed by atoms with van der Waals surface area (Å²) in [5.41, 5.74) is 6.08. The Bertz CT molecular complexity index is 566. The van der Waals surface area contributed by atoms with E-state index in [0.29, 0.717) is 5.57 Å². The molecule has 0 bridgehead atoms. The summed E-state index contributed by atoms with van der Waals surface area (Å²) < 4.78 is 0. The average molecular weight is 238 g/mol. The second kappa shape index (κ2) is 4.50. The minimum Gasteiger partial charge on any atom is -0.366 e. The summed E-state index contributed by atoms with van der Waals surface area (Å²) in [6.07, 6.45) is 5.24. The van der Waals surface area contributed by atoms with Gasteiger partial charge in [0.1, 0.15) is 0 Å². The number of carbonyl (C=O) groups excluding carboxylic acids is 1. The van der Waals surface area contributed by atoms with Crippen LogP contribution in [0.2, 0.25) is 0 Å². The first-order valence-corrected chi connectivity index (χ1v) is 5.74. The Kier molecular flexibility index (Phi) is 3.03. The highest BCUT2D eigenvalue weighted by Gasteiger charge is 2.39. The Balaban J connectivity index is 2.58. The number of primary amides is 1. The molecule has 2 atom stereocenters. The Morgan fingerprint density at radius 1 is 1.39 bits per heavy atom. The molecule has 2 rings (SSSR count). The van der Waals surface area contributed by atoms with Crippen molar-refractivity contribution in [2.75, 3.05) is 0 Å². The van der Waals surface area contributed by atoms with Crippen LogP contribution in [-0.2, 0) is 4.79 Å². The summed E-state index contributed by atoms with van der Waals surface area (Å²) in [6, 6.07) is 11.8. The summed E-state index contributed by atoms with van der Waals surface area (Å²) >= 11 is 0. The van der Waals surface area contributed by atoms with Crippen molar-refractivity contribution in [3.63, 3.8) is 0 Å². The van der Waals surface area contributed by atoms with E-state index in [1.165, 1.54) is 0 Å². The number of nitriles is 1. The monoisotopic (exact) mass is 238 g/mol. The predicted molar refractivity (Wildman–Crippen MR) is 69.3 cm³/mol. The minimum atomic E-state index is -0.750. The molecule has 1 aromatic rings. The van der Waals surface area contributed by atoms with E-state index in [1.807, 2.05) is 43.3 Å². The van der Waals surface area contributed by atoms with E-state index in [9.17, 15) is 10.1 Å². The molecule has 0 saturated heterocycles. The van der Waals surface area contributed by atoms with Crippen LogP contribution in [0.4, 0.5) is 0 Å². The van der Waals surface area contributed by atoms with E-state index in [0.717, 1.165) is 5.56 Å². The molecule has 90 valence electrons. The lowest BCUT2D eigenvalue weighted by atomic mass is 9.68. The first-order valence-electron chi connectivity index (χ1n) is 5.74. The predicted octanol–water partition coefficient (Wildman–Crippen LogP) is 2.28. The average Bonchev–Trinajstić information content (AvgIpc) is 2.39. The van der Waals surface area contributed by atoms with Crippen LogP contribution in [0.1, 0.15) is 18.4 Å². The van der Waals surface area contributed by atoms with Gasteiger partial charge in [0.2, 0.25) is 5.91 Å². The first-order chi connectivity index (χ1) is 8.58. The maximum absolute atomic E-state index is 11.6. The normalized spacial score (nSPS) is 26.2. The Hall–Kier alpha value is -2.34. The number of rotatable bonds is 2. The number of carbonyl (C=O) groups is 1. The number of hydrogen-bond donors (Lipinski definition) is 1. The summed E-state index contributed by atoms with van der Waals surface area (Å²) in [6.45, 7) is 1.82. The van der Waals surface area contributed by atoms with Gasteiger partial charge in [-0.15, -0.1) is 0 Å². The van der Waals surface area contributed by atoms with E-state index in [-0.39, 0.29) is 5.92 Å². The van der Waals surface area contributed by atoms with Crippen LogP contribution in [0.15, 0.2) is 54.1 Å². The first kappa shape index (κ1) is 12.1. The van der Waals surface area contributed by atoms with Crippen LogP contribution < -0.4 is 5.73 Å². The molecule has 0 spiro atoms. The highest BCUT2D eigenvalue weighted by Crippen LogP contribution is 2.44. The summed E-state index contributed by atoms with van der Waals surface area (Å²) in [5, 5.41) is 9.40. The number of benzene rings is 1. The molecule has 1 amide bonds. The van der Waals surface area contributed by atoms with Crippen LogP contribution in [0, 0.1) is 16.7 Å². The largest absolute Gasteiger partial charge is 0.366 e. The molecule has 1 aromatic carbocycles. The SMILES string of the molecule is CC1(C#N)C=CC=C(C(N)=O)C1c1ccccc1. The molecule has 0 saturated carbocycles. The number of nitrogens with two attached hydrogens (primary N) is 1. The standard InChI is InChI=1S/C15H14N2O/c1-15(10-16)9-5-8-12(14(17)18)13(15)11-6-3-2-4-7-11/h2-9,13H,1H3,(H2,17,18). The van der Waals surface area contributed by atoms with Crippen LogP contribution >= 0.6 is 0 Å². The fraction of sp³-hybridized carbons (Fsp3) is 0.200. The van der Waals surface area contributed by atoms with Crippen molar-refractivity contribution in [3.8, 4) is 6.07 Å². The van der Waals surface area contributed by atoms with Gasteiger partial charge in [-0.05, 0) is 12.5 Å². The highest BCUT2D eigenvalue weighted by atomic mass is 16.1. The molecular formula is C15H14N2O. The van der Waals surface area contributed by atoms with Crippen molar-refractivity contribution in [2.45, 2.75) is 12.8 Å². The Morgan fingerprint density at radius 3 is 2.61 bits per heavy atom. The van der Waals surface area contributed by atoms with Crippen molar-refractivity contribution < 1.29 is 4.79 Å². The Labute approximate surface area is 106 Å². The van der Waals surface area contributed by atoms with Crippen molar-refractivity contribution in [1.29, 1.82) is 5.26 Å². The molecule has 3 nitrogen and oxygen atoms in total. The molecule has 18 heavy (non-hydrogen) atoms. The van der Waals surface area contributed by atoms with Gasteiger partial charge in [-0.3, -0.25) is 4.79 Å². The molecule has 0 heterocycles. The van der Waals surface area contributed by atoms with Crippen molar-refractivity contribution >= 4 is 5.91 Å². The van der Waals surface area contributed by atoms with Gasteiger partial charge in [0.25, 0.3) is 0 Å². The molecule has 3 heteroatoms. The summed E-state index contributed by atoms with van der Waals surface area (Å²) in [4.78, 5) is 11.6. The van der Waals surface area contributed by atoms with E-state index < -0.39 is 11.3 Å². The fourth-order valence-electron chi connectivity index (χ4n) is 2.36. The number of amides is 1. The zero-order valence-corrected chi connectivity index (χ0v) is 10.1. The van der Waals surface area contributed by atoms with E-state index in [1.54, 1.807) is 12.2 Å². The highest BCUT2D eigenvalue weighted by molar-refractivity contribution is 5.94. The van der Waals surface area contributed by atoms with E-state index in [2.05, 4.69) is 6.07 Å². The lowest BCUT2D eigenvalue weighted by molar-refractivity contribution is -0.115. The number of nitrogens with zero attached hydrogens (tertiary/aromatic N) is 1. The zero-order valence-electron chi connectivity index (χ0n) is 10.1. The van der Waals surface area contributed by atoms with Crippen LogP contribution in [0.25, 0.3) is 0 Å². The van der Waals surface area contributed by atoms with Crippen molar-refractivity contribution in [1.82, 2.24) is 0 Å². The molecule has 0 radical (unpaired) electrons. The zero-order chi connectivity index (χ0) is 13.2. The maximum Gasteiger partial charge on any atom is 0.245 e. The molecule has 2 unspecified atom stereocenters. The van der Waals surface area contributed by atoms with Crippen LogP contribution in [0.3, 0.4) is 0 Å². The van der Waals surface area contributed by atoms with Crippen LogP contribution in [0.5, 0.6) is 0 Å². The van der Waals surface area contributed by atoms with Crippen molar-refractivity contribution in [3.05, 3.63) is 59.7 Å². The third-order valence-electron chi connectivity index (χ3n) is 3.29. The third-order valence-corrected chi connectivity index (χ3v) is 3.29. The van der Waals surface area contributed by atoms with Gasteiger partial charge in [0.15, 0.2) is 0 Å². The molecule has 2 N–H and O–H groups in total. The second-order valence-corrected chi connectivity index (χ2v) is 4.58. The van der Waals surface area contributed by atoms with Crippen LogP contribution in [-0.4, -0.2) is 5.91 Å². The second-order valence-electron chi connectivity index (χ2n) is 4.58. The van der Waals surface area contributed by atoms with Gasteiger partial charge in [-0.2, -0.15) is 5.26 Å². The van der Waals surface area contributed by atoms with Gasteiger partial charge < -0.3 is 5.73 Å². The topological polar surface area (TPSA) is 66.9 Å². The lowest BCUT2D eigenvalue weighted by Crippen LogP contribution is -2.31. The van der Waals surface area contributed by atoms with Gasteiger partial charge in [-0.25, -0.2) is 0 Å². The molecule has 0 aromatic heterocycles. The number of hydrogen-bond acceptors (Lipinski definition) is 2. The van der Waals surface area contributed by atoms with Gasteiger partial charge in [0, 0.05) is 11.5 Å². The van der Waals surface area contributed by atoms with E-state index in [4.69, 9.17) is 5.73 Å². The van der Waals surface area contributed by atoms with Gasteiger partial charge in [-0.1, -0.05) is 48.6 Å². The molecule has 0 aliphatic heterocycles. The van der Waals surface area contributed by atoms with E-state index >= 15 is 0 Å². The minimum absolute atomic E-state index is 0.314. The maximum atomic E-state index is 11.6. The Morgan fingerprint density at radius 2 is 2.06 bits per heavy atom. The number of allylic oxidation sites excluding steroid dienone is 3. The molecule has 1 aliphatic carbocycles. The molecule has 1 aliphatic rings. The molecule has 0 fully saturated rings. The van der Waals surface area contributed by atoms with Gasteiger partial charge >= 0.3 is 0 Å². The third kappa shape index (κ3) is 1.93. The summed E-state index contributed by atoms with van der Waals surface area (Å²) in [7, 11) is 0. The summed E-state index contributed by atoms with van der Waals surface area (Å²) in [5.74, 6) is -0.791. The van der Waals surface area contributed by atoms with Crippen molar-refractivity contribution in [2.24, 2.45) is 11.1 Å². The lowest BCUT2D eigenvalue weighted by Gasteiger charge is -2.32. The molecular weight excluding hydrogens is 224 g/mol. The smallest absolute Gasteiger partial charge is 0.245 e. The van der Waals surface area contributed by atoms with Gasteiger partial charge in [0.05, 0.1) is 11.5 Å².